The van der Waals surface area contributed by atoms with Crippen molar-refractivity contribution in [2.45, 2.75) is 38.5 Å². The summed E-state index contributed by atoms with van der Waals surface area (Å²) in [7, 11) is 0. The zero-order chi connectivity index (χ0) is 9.10. The van der Waals surface area contributed by atoms with Gasteiger partial charge in [0.2, 0.25) is 5.91 Å². The van der Waals surface area contributed by atoms with Gasteiger partial charge < -0.3 is 0 Å². The number of carbonyl (C=O) groups excluding carboxylic acids is 1. The molecule has 1 heterocycles. The lowest BCUT2D eigenvalue weighted by Gasteiger charge is -2.16. The Morgan fingerprint density at radius 3 is 2.69 bits per heavy atom. The fourth-order valence-electron chi connectivity index (χ4n) is 2.21. The van der Waals surface area contributed by atoms with Crippen molar-refractivity contribution in [1.82, 2.24) is 5.06 Å². The Labute approximate surface area is 79.0 Å². The summed E-state index contributed by atoms with van der Waals surface area (Å²) in [6.07, 6.45) is 6.78. The minimum Gasteiger partial charge on any atom is -0.273 e. The largest absolute Gasteiger partial charge is 0.273 e. The summed E-state index contributed by atoms with van der Waals surface area (Å²) in [5, 5.41) is 1.55. The predicted molar refractivity (Wildman–Crippen MR) is 48.9 cm³/mol. The number of rotatable bonds is 2. The zero-order valence-corrected chi connectivity index (χ0v) is 8.00. The SMILES string of the molecule is O=C(CC1CCCC1)N1CCCO1. The van der Waals surface area contributed by atoms with Crippen LogP contribution in [0, 0.1) is 5.92 Å². The van der Waals surface area contributed by atoms with Crippen molar-refractivity contribution in [3.63, 3.8) is 0 Å². The highest BCUT2D eigenvalue weighted by Gasteiger charge is 2.24. The molecule has 3 heteroatoms. The van der Waals surface area contributed by atoms with Gasteiger partial charge in [0, 0.05) is 6.42 Å². The first-order valence-corrected chi connectivity index (χ1v) is 5.29. The molecule has 1 amide bonds. The normalized spacial score (nSPS) is 24.2. The monoisotopic (exact) mass is 183 g/mol. The molecule has 74 valence electrons. The van der Waals surface area contributed by atoms with Crippen molar-refractivity contribution in [1.29, 1.82) is 0 Å². The third-order valence-corrected chi connectivity index (χ3v) is 2.97. The molecule has 0 aromatic heterocycles. The van der Waals surface area contributed by atoms with E-state index in [1.54, 1.807) is 5.06 Å². The predicted octanol–water partition coefficient (Wildman–Crippen LogP) is 1.73. The summed E-state index contributed by atoms with van der Waals surface area (Å²) in [4.78, 5) is 16.8. The standard InChI is InChI=1S/C10H17NO2/c12-10(11-6-3-7-13-11)8-9-4-1-2-5-9/h9H,1-8H2. The highest BCUT2D eigenvalue weighted by atomic mass is 16.7. The van der Waals surface area contributed by atoms with E-state index in [4.69, 9.17) is 4.84 Å². The Hall–Kier alpha value is -0.570. The Bertz CT molecular complexity index is 181. The van der Waals surface area contributed by atoms with Gasteiger partial charge in [0.25, 0.3) is 0 Å². The molecule has 2 fully saturated rings. The van der Waals surface area contributed by atoms with Gasteiger partial charge in [-0.1, -0.05) is 12.8 Å². The van der Waals surface area contributed by atoms with Crippen molar-refractivity contribution in [2.75, 3.05) is 13.2 Å². The van der Waals surface area contributed by atoms with Crippen molar-refractivity contribution in [3.05, 3.63) is 0 Å². The Morgan fingerprint density at radius 1 is 1.31 bits per heavy atom. The van der Waals surface area contributed by atoms with Gasteiger partial charge in [-0.05, 0) is 25.2 Å². The molecule has 3 nitrogen and oxygen atoms in total. The van der Waals surface area contributed by atoms with Crippen LogP contribution in [0.15, 0.2) is 0 Å². The van der Waals surface area contributed by atoms with Crippen molar-refractivity contribution < 1.29 is 9.63 Å². The van der Waals surface area contributed by atoms with Gasteiger partial charge >= 0.3 is 0 Å². The minimum absolute atomic E-state index is 0.199. The molecule has 1 aliphatic heterocycles. The van der Waals surface area contributed by atoms with Crippen LogP contribution in [0.5, 0.6) is 0 Å². The van der Waals surface area contributed by atoms with E-state index in [1.165, 1.54) is 25.7 Å². The van der Waals surface area contributed by atoms with Gasteiger partial charge in [0.1, 0.15) is 0 Å². The van der Waals surface area contributed by atoms with E-state index in [1.807, 2.05) is 0 Å². The van der Waals surface area contributed by atoms with Crippen LogP contribution in [-0.4, -0.2) is 24.1 Å². The van der Waals surface area contributed by atoms with E-state index in [0.29, 0.717) is 12.3 Å². The first-order chi connectivity index (χ1) is 6.36. The van der Waals surface area contributed by atoms with Gasteiger partial charge in [-0.15, -0.1) is 0 Å². The number of carbonyl (C=O) groups is 1. The number of nitrogens with zero attached hydrogens (tertiary/aromatic N) is 1. The second-order valence-electron chi connectivity index (χ2n) is 4.04. The van der Waals surface area contributed by atoms with Crippen LogP contribution in [0.4, 0.5) is 0 Å². The molecule has 1 aliphatic carbocycles. The molecule has 0 N–H and O–H groups in total. The van der Waals surface area contributed by atoms with Gasteiger partial charge in [-0.25, -0.2) is 5.06 Å². The first kappa shape index (κ1) is 9.00. The Morgan fingerprint density at radius 2 is 2.08 bits per heavy atom. The van der Waals surface area contributed by atoms with Crippen LogP contribution >= 0.6 is 0 Å². The van der Waals surface area contributed by atoms with Crippen LogP contribution in [0.25, 0.3) is 0 Å². The molecule has 0 aromatic carbocycles. The molecule has 0 radical (unpaired) electrons. The summed E-state index contributed by atoms with van der Waals surface area (Å²) in [6, 6.07) is 0. The molecule has 0 atom stereocenters. The van der Waals surface area contributed by atoms with Crippen LogP contribution in [0.3, 0.4) is 0 Å². The van der Waals surface area contributed by atoms with Crippen LogP contribution in [0.1, 0.15) is 38.5 Å². The van der Waals surface area contributed by atoms with E-state index in [2.05, 4.69) is 0 Å². The van der Waals surface area contributed by atoms with E-state index < -0.39 is 0 Å². The molecule has 1 saturated heterocycles. The van der Waals surface area contributed by atoms with Crippen molar-refractivity contribution in [3.8, 4) is 0 Å². The van der Waals surface area contributed by atoms with Crippen LogP contribution < -0.4 is 0 Å². The highest BCUT2D eigenvalue weighted by Crippen LogP contribution is 2.28. The molecule has 0 aromatic rings. The number of hydroxylamine groups is 2. The molecule has 0 spiro atoms. The first-order valence-electron chi connectivity index (χ1n) is 5.29. The van der Waals surface area contributed by atoms with E-state index in [0.717, 1.165) is 19.6 Å². The lowest BCUT2D eigenvalue weighted by atomic mass is 10.0. The van der Waals surface area contributed by atoms with Gasteiger partial charge in [0.05, 0.1) is 13.2 Å². The molecule has 13 heavy (non-hydrogen) atoms. The average molecular weight is 183 g/mol. The Balaban J connectivity index is 1.76. The maximum Gasteiger partial charge on any atom is 0.246 e. The van der Waals surface area contributed by atoms with E-state index in [9.17, 15) is 4.79 Å². The molecule has 1 saturated carbocycles. The van der Waals surface area contributed by atoms with Gasteiger partial charge in [0.15, 0.2) is 0 Å². The topological polar surface area (TPSA) is 29.5 Å². The fraction of sp³-hybridized carbons (Fsp3) is 0.900. The van der Waals surface area contributed by atoms with E-state index in [-0.39, 0.29) is 5.91 Å². The van der Waals surface area contributed by atoms with Crippen molar-refractivity contribution >= 4 is 5.91 Å². The molecule has 2 rings (SSSR count). The molecular formula is C10H17NO2. The molecule has 0 unspecified atom stereocenters. The second-order valence-corrected chi connectivity index (χ2v) is 4.04. The van der Waals surface area contributed by atoms with E-state index >= 15 is 0 Å². The summed E-state index contributed by atoms with van der Waals surface area (Å²) in [6.45, 7) is 1.52. The molecular weight excluding hydrogens is 166 g/mol. The maximum atomic E-state index is 11.6. The Kier molecular flexibility index (Phi) is 2.83. The average Bonchev–Trinajstić information content (AvgIpc) is 2.74. The van der Waals surface area contributed by atoms with Gasteiger partial charge in [-0.3, -0.25) is 9.63 Å². The summed E-state index contributed by atoms with van der Waals surface area (Å²) >= 11 is 0. The fourth-order valence-corrected chi connectivity index (χ4v) is 2.21. The summed E-state index contributed by atoms with van der Waals surface area (Å²) < 4.78 is 0. The molecule has 2 aliphatic rings. The summed E-state index contributed by atoms with van der Waals surface area (Å²) in [5.74, 6) is 0.834. The quantitative estimate of drug-likeness (QED) is 0.652. The zero-order valence-electron chi connectivity index (χ0n) is 8.00. The third kappa shape index (κ3) is 2.21. The maximum absolute atomic E-state index is 11.6. The van der Waals surface area contributed by atoms with Crippen LogP contribution in [-0.2, 0) is 9.63 Å². The lowest BCUT2D eigenvalue weighted by Crippen LogP contribution is -2.27. The number of hydrogen-bond donors (Lipinski definition) is 0. The summed E-state index contributed by atoms with van der Waals surface area (Å²) in [5.41, 5.74) is 0. The highest BCUT2D eigenvalue weighted by molar-refractivity contribution is 5.75. The second kappa shape index (κ2) is 4.09. The van der Waals surface area contributed by atoms with Crippen LogP contribution in [0.2, 0.25) is 0 Å². The minimum atomic E-state index is 0.199. The third-order valence-electron chi connectivity index (χ3n) is 2.97. The number of amides is 1. The number of hydrogen-bond acceptors (Lipinski definition) is 2. The molecule has 0 bridgehead atoms. The smallest absolute Gasteiger partial charge is 0.246 e. The van der Waals surface area contributed by atoms with Gasteiger partial charge in [-0.2, -0.15) is 0 Å². The lowest BCUT2D eigenvalue weighted by molar-refractivity contribution is -0.169. The van der Waals surface area contributed by atoms with Crippen molar-refractivity contribution in [2.24, 2.45) is 5.92 Å².